The number of amides is 2. The number of rotatable bonds is 7. The van der Waals surface area contributed by atoms with E-state index in [4.69, 9.17) is 0 Å². The van der Waals surface area contributed by atoms with E-state index in [2.05, 4.69) is 10.6 Å². The van der Waals surface area contributed by atoms with Gasteiger partial charge in [0, 0.05) is 19.7 Å². The highest BCUT2D eigenvalue weighted by Gasteiger charge is 2.18. The monoisotopic (exact) mass is 522 g/mol. The van der Waals surface area contributed by atoms with Crippen molar-refractivity contribution < 1.29 is 9.59 Å². The van der Waals surface area contributed by atoms with Gasteiger partial charge in [-0.15, -0.1) is 0 Å². The Bertz CT molecular complexity index is 511. The molecule has 0 heterocycles. The molecular formula is C30H59BN2O2S. The van der Waals surface area contributed by atoms with Crippen molar-refractivity contribution in [2.24, 2.45) is 5.92 Å². The molecule has 1 saturated carbocycles. The molecule has 2 N–H and O–H groups in total. The van der Waals surface area contributed by atoms with E-state index in [1.165, 1.54) is 155 Å². The maximum Gasteiger partial charge on any atom is 0.243 e. The number of hydrogen-bond donors (Lipinski definition) is 2. The molecule has 1 aliphatic carbocycles. The molecule has 6 heteroatoms. The molecule has 210 valence electrons. The first-order chi connectivity index (χ1) is 17.6. The van der Waals surface area contributed by atoms with Gasteiger partial charge in [-0.2, -0.15) is 0 Å². The number of nitrogens with one attached hydrogen (secondary N) is 2. The lowest BCUT2D eigenvalue weighted by molar-refractivity contribution is -0.127. The van der Waals surface area contributed by atoms with Crippen LogP contribution in [-0.2, 0) is 9.59 Å². The van der Waals surface area contributed by atoms with Gasteiger partial charge in [0.2, 0.25) is 11.8 Å². The fourth-order valence-corrected chi connectivity index (χ4v) is 6.67. The summed E-state index contributed by atoms with van der Waals surface area (Å²) in [6.07, 6.45) is 32.6. The third-order valence-electron chi connectivity index (χ3n) is 7.87. The third kappa shape index (κ3) is 20.4. The first kappa shape index (κ1) is 33.4. The van der Waals surface area contributed by atoms with Crippen molar-refractivity contribution >= 4 is 30.0 Å². The van der Waals surface area contributed by atoms with Crippen molar-refractivity contribution in [3.05, 3.63) is 0 Å². The van der Waals surface area contributed by atoms with Gasteiger partial charge in [0.25, 0.3) is 0 Å². The summed E-state index contributed by atoms with van der Waals surface area (Å²) in [6.45, 7) is 2.56. The average Bonchev–Trinajstić information content (AvgIpc) is 2.86. The van der Waals surface area contributed by atoms with E-state index < -0.39 is 6.04 Å². The lowest BCUT2D eigenvalue weighted by Gasteiger charge is -2.18. The zero-order valence-electron chi connectivity index (χ0n) is 24.1. The lowest BCUT2D eigenvalue weighted by Crippen LogP contribution is -2.46. The highest BCUT2D eigenvalue weighted by atomic mass is 32.2. The van der Waals surface area contributed by atoms with Crippen molar-refractivity contribution in [2.75, 3.05) is 12.8 Å². The predicted octanol–water partition coefficient (Wildman–Crippen LogP) is 7.95. The van der Waals surface area contributed by atoms with Gasteiger partial charge in [0.1, 0.15) is 6.04 Å². The molecule has 0 aliphatic heterocycles. The molecule has 0 radical (unpaired) electrons. The standard InChI is InChI=1S/C30H59BN2O2S/c1-27(34)33-29(30(35)32-2)26-36-31-25-28-23-21-19-17-15-13-11-9-7-5-3-4-6-8-10-12-14-16-18-20-22-24-28/h28-29,31H,3-26H2,1-2H3,(H,32,35)(H,33,34)/t29-/m0/s1. The van der Waals surface area contributed by atoms with Crippen LogP contribution in [0, 0.1) is 5.92 Å². The fourth-order valence-electron chi connectivity index (χ4n) is 5.53. The maximum absolute atomic E-state index is 12.0. The molecule has 4 nitrogen and oxygen atoms in total. The lowest BCUT2D eigenvalue weighted by atomic mass is 9.82. The van der Waals surface area contributed by atoms with Gasteiger partial charge in [0.05, 0.1) is 0 Å². The Morgan fingerprint density at radius 2 is 1.06 bits per heavy atom. The molecule has 0 aromatic carbocycles. The highest BCUT2D eigenvalue weighted by molar-refractivity contribution is 8.22. The molecule has 1 atom stereocenters. The van der Waals surface area contributed by atoms with Crippen LogP contribution in [0.1, 0.15) is 148 Å². The minimum atomic E-state index is -0.422. The first-order valence-electron chi connectivity index (χ1n) is 15.7. The second kappa shape index (κ2) is 24.7. The molecule has 1 fully saturated rings. The van der Waals surface area contributed by atoms with Crippen LogP contribution in [0.3, 0.4) is 0 Å². The number of carbonyl (C=O) groups is 2. The van der Waals surface area contributed by atoms with Crippen molar-refractivity contribution in [3.63, 3.8) is 0 Å². The Kier molecular flexibility index (Phi) is 22.9. The molecule has 0 unspecified atom stereocenters. The van der Waals surface area contributed by atoms with Crippen LogP contribution < -0.4 is 10.6 Å². The van der Waals surface area contributed by atoms with Crippen LogP contribution in [0.4, 0.5) is 0 Å². The van der Waals surface area contributed by atoms with Crippen LogP contribution in [0.15, 0.2) is 0 Å². The smallest absolute Gasteiger partial charge is 0.243 e. The second-order valence-electron chi connectivity index (χ2n) is 11.2. The van der Waals surface area contributed by atoms with Crippen molar-refractivity contribution in [2.45, 2.75) is 161 Å². The second-order valence-corrected chi connectivity index (χ2v) is 12.4. The summed E-state index contributed by atoms with van der Waals surface area (Å²) in [5, 5.41) is 5.46. The summed E-state index contributed by atoms with van der Waals surface area (Å²) in [5.41, 5.74) is 0. The van der Waals surface area contributed by atoms with Crippen LogP contribution in [-0.4, -0.2) is 37.2 Å². The van der Waals surface area contributed by atoms with Gasteiger partial charge in [-0.25, -0.2) is 11.6 Å². The molecule has 0 aromatic heterocycles. The Balaban J connectivity index is 2.37. The Morgan fingerprint density at radius 3 is 1.39 bits per heavy atom. The normalized spacial score (nSPS) is 20.6. The molecule has 36 heavy (non-hydrogen) atoms. The van der Waals surface area contributed by atoms with Gasteiger partial charge in [0.15, 0.2) is 6.56 Å². The number of carbonyl (C=O) groups excluding carboxylic acids is 2. The van der Waals surface area contributed by atoms with Gasteiger partial charge in [-0.3, -0.25) is 9.59 Å². The molecular weight excluding hydrogens is 463 g/mol. The van der Waals surface area contributed by atoms with E-state index >= 15 is 0 Å². The summed E-state index contributed by atoms with van der Waals surface area (Å²) < 4.78 is 0. The summed E-state index contributed by atoms with van der Waals surface area (Å²) in [6, 6.07) is -0.422. The SMILES string of the molecule is CNC(=O)[C@H](CSBCC1CCCCCCCCCCCCCCCCCCCCCC1)NC(C)=O. The van der Waals surface area contributed by atoms with E-state index in [-0.39, 0.29) is 11.8 Å². The third-order valence-corrected chi connectivity index (χ3v) is 8.96. The summed E-state index contributed by atoms with van der Waals surface area (Å²) >= 11 is 1.82. The number of hydrogen-bond acceptors (Lipinski definition) is 3. The quantitative estimate of drug-likeness (QED) is 0.263. The maximum atomic E-state index is 12.0. The molecule has 1 rings (SSSR count). The molecule has 0 aromatic rings. The fraction of sp³-hybridized carbons (Fsp3) is 0.933. The van der Waals surface area contributed by atoms with Gasteiger partial charge in [-0.05, 0) is 5.92 Å². The molecule has 0 saturated heterocycles. The predicted molar refractivity (Wildman–Crippen MR) is 161 cm³/mol. The molecule has 0 bridgehead atoms. The summed E-state index contributed by atoms with van der Waals surface area (Å²) in [5.74, 6) is 1.24. The van der Waals surface area contributed by atoms with Crippen LogP contribution in [0.2, 0.25) is 6.32 Å². The zero-order chi connectivity index (χ0) is 26.1. The van der Waals surface area contributed by atoms with Gasteiger partial charge in [-0.1, -0.05) is 148 Å². The van der Waals surface area contributed by atoms with Gasteiger partial charge < -0.3 is 10.6 Å². The van der Waals surface area contributed by atoms with E-state index in [0.717, 1.165) is 12.5 Å². The zero-order valence-corrected chi connectivity index (χ0v) is 24.9. The van der Waals surface area contributed by atoms with E-state index in [1.54, 1.807) is 7.05 Å². The first-order valence-corrected chi connectivity index (χ1v) is 16.9. The summed E-state index contributed by atoms with van der Waals surface area (Å²) in [4.78, 5) is 23.5. The van der Waals surface area contributed by atoms with Crippen molar-refractivity contribution in [1.82, 2.24) is 10.6 Å². The van der Waals surface area contributed by atoms with Crippen molar-refractivity contribution in [1.29, 1.82) is 0 Å². The summed E-state index contributed by atoms with van der Waals surface area (Å²) in [7, 11) is 1.64. The van der Waals surface area contributed by atoms with E-state index in [1.807, 2.05) is 11.6 Å². The number of likely N-dealkylation sites (N-methyl/N-ethyl adjacent to an activating group) is 1. The van der Waals surface area contributed by atoms with Gasteiger partial charge >= 0.3 is 0 Å². The van der Waals surface area contributed by atoms with Crippen LogP contribution in [0.25, 0.3) is 0 Å². The largest absolute Gasteiger partial charge is 0.357 e. The molecule has 0 spiro atoms. The Morgan fingerprint density at radius 1 is 0.694 bits per heavy atom. The van der Waals surface area contributed by atoms with Crippen molar-refractivity contribution in [3.8, 4) is 0 Å². The molecule has 1 aliphatic rings. The van der Waals surface area contributed by atoms with Crippen LogP contribution >= 0.6 is 11.6 Å². The topological polar surface area (TPSA) is 58.2 Å². The Labute approximate surface area is 229 Å². The minimum Gasteiger partial charge on any atom is -0.357 e. The highest BCUT2D eigenvalue weighted by Crippen LogP contribution is 2.24. The average molecular weight is 523 g/mol. The molecule has 2 amide bonds. The van der Waals surface area contributed by atoms with Crippen LogP contribution in [0.5, 0.6) is 0 Å². The Hall–Kier alpha value is -0.645. The minimum absolute atomic E-state index is 0.0954. The van der Waals surface area contributed by atoms with E-state index in [9.17, 15) is 9.59 Å². The van der Waals surface area contributed by atoms with E-state index in [0.29, 0.717) is 5.75 Å².